The van der Waals surface area contributed by atoms with Crippen molar-refractivity contribution >= 4 is 34.9 Å². The number of nitrogens with zero attached hydrogens (tertiary/aromatic N) is 1. The fraction of sp³-hybridized carbons (Fsp3) is 0.222. The number of hydrogen-bond donors (Lipinski definition) is 1. The number of ether oxygens (including phenoxy) is 2. The summed E-state index contributed by atoms with van der Waals surface area (Å²) in [6, 6.07) is 8.32. The van der Waals surface area contributed by atoms with Gasteiger partial charge in [-0.25, -0.2) is 4.79 Å². The molecule has 0 fully saturated rings. The predicted molar refractivity (Wildman–Crippen MR) is 100.0 cm³/mol. The zero-order chi connectivity index (χ0) is 22.5. The van der Waals surface area contributed by atoms with E-state index in [1.165, 1.54) is 13.2 Å². The van der Waals surface area contributed by atoms with Crippen molar-refractivity contribution in [1.29, 1.82) is 0 Å². The maximum Gasteiger partial charge on any atom is 0.461 e. The molecule has 162 valence electrons. The molecule has 0 saturated carbocycles. The molecule has 0 aliphatic carbocycles. The zero-order valence-electron chi connectivity index (χ0n) is 15.0. The van der Waals surface area contributed by atoms with E-state index in [9.17, 15) is 27.5 Å². The molecule has 12 heteroatoms. The predicted octanol–water partition coefficient (Wildman–Crippen LogP) is 5.24. The molecule has 0 bridgehead atoms. The van der Waals surface area contributed by atoms with Crippen LogP contribution in [0.5, 0.6) is 11.5 Å². The maximum atomic E-state index is 13.1. The van der Waals surface area contributed by atoms with Crippen LogP contribution in [0.2, 0.25) is 10.0 Å². The Morgan fingerprint density at radius 3 is 2.33 bits per heavy atom. The highest BCUT2D eigenvalue weighted by atomic mass is 35.5. The lowest BCUT2D eigenvalue weighted by molar-refractivity contribution is -0.253. The third-order valence-corrected chi connectivity index (χ3v) is 4.08. The third kappa shape index (κ3) is 5.67. The minimum atomic E-state index is -4.79. The Morgan fingerprint density at radius 2 is 1.80 bits per heavy atom. The van der Waals surface area contributed by atoms with Gasteiger partial charge in [-0.2, -0.15) is 17.6 Å². The van der Waals surface area contributed by atoms with Crippen LogP contribution in [0.3, 0.4) is 0 Å². The summed E-state index contributed by atoms with van der Waals surface area (Å²) in [7, 11) is 1.19. The Bertz CT molecular complexity index is 933. The largest absolute Gasteiger partial charge is 0.489 e. The van der Waals surface area contributed by atoms with Gasteiger partial charge in [0.1, 0.15) is 19.5 Å². The van der Waals surface area contributed by atoms with E-state index in [4.69, 9.17) is 27.9 Å². The first kappa shape index (κ1) is 23.6. The number of carboxylic acid groups (broad SMARTS) is 1. The maximum absolute atomic E-state index is 13.1. The summed E-state index contributed by atoms with van der Waals surface area (Å²) in [5.41, 5.74) is 0.235. The van der Waals surface area contributed by atoms with E-state index in [-0.39, 0.29) is 23.6 Å². The molecule has 0 aliphatic heterocycles. The number of halogens is 6. The van der Waals surface area contributed by atoms with Gasteiger partial charge < -0.3 is 19.4 Å². The number of benzene rings is 2. The molecule has 1 N–H and O–H groups in total. The number of rotatable bonds is 9. The Hall–Kier alpha value is -2.72. The smallest absolute Gasteiger partial charge is 0.461 e. The van der Waals surface area contributed by atoms with Crippen molar-refractivity contribution in [2.75, 3.05) is 7.11 Å². The van der Waals surface area contributed by atoms with E-state index in [0.29, 0.717) is 5.56 Å². The summed E-state index contributed by atoms with van der Waals surface area (Å²) in [4.78, 5) is 15.9. The third-order valence-electron chi connectivity index (χ3n) is 3.52. The van der Waals surface area contributed by atoms with Crippen LogP contribution in [0.25, 0.3) is 0 Å². The summed E-state index contributed by atoms with van der Waals surface area (Å²) in [5.74, 6) is -2.18. The first-order chi connectivity index (χ1) is 14.1. The molecule has 0 spiro atoms. The van der Waals surface area contributed by atoms with E-state index in [0.717, 1.165) is 12.1 Å². The van der Waals surface area contributed by atoms with E-state index in [1.807, 2.05) is 0 Å². The lowest BCUT2D eigenvalue weighted by Crippen LogP contribution is -2.33. The topological polar surface area (TPSA) is 77.4 Å². The van der Waals surface area contributed by atoms with Crippen LogP contribution in [-0.2, 0) is 16.2 Å². The molecule has 0 aromatic heterocycles. The van der Waals surface area contributed by atoms with Crippen LogP contribution in [0, 0.1) is 0 Å². The van der Waals surface area contributed by atoms with Crippen molar-refractivity contribution < 1.29 is 41.8 Å². The normalized spacial score (nSPS) is 12.1. The average molecular weight is 470 g/mol. The monoisotopic (exact) mass is 469 g/mol. The Labute approximate surface area is 177 Å². The van der Waals surface area contributed by atoms with Crippen molar-refractivity contribution in [3.05, 3.63) is 57.6 Å². The van der Waals surface area contributed by atoms with E-state index >= 15 is 0 Å². The SMILES string of the molecule is CON=C(C(=O)O)c1ccccc1COc1cc(Cl)c(OC(F)(F)C(F)F)c(Cl)c1. The number of carbonyl (C=O) groups is 1. The summed E-state index contributed by atoms with van der Waals surface area (Å²) in [5, 5.41) is 11.8. The van der Waals surface area contributed by atoms with Gasteiger partial charge in [0.15, 0.2) is 11.5 Å². The Kier molecular flexibility index (Phi) is 7.74. The van der Waals surface area contributed by atoms with Gasteiger partial charge in [-0.1, -0.05) is 52.6 Å². The van der Waals surface area contributed by atoms with Crippen LogP contribution >= 0.6 is 23.2 Å². The standard InChI is InChI=1S/C18H13Cl2F4NO5/c1-28-25-14(16(26)27)11-5-3-2-4-9(11)8-29-10-6-12(19)15(13(20)7-10)30-18(23,24)17(21)22/h2-7,17H,8H2,1H3,(H,26,27). The summed E-state index contributed by atoms with van der Waals surface area (Å²) in [6.07, 6.45) is -8.88. The molecule has 6 nitrogen and oxygen atoms in total. The van der Waals surface area contributed by atoms with Crippen molar-refractivity contribution in [3.8, 4) is 11.5 Å². The molecule has 2 aromatic carbocycles. The molecule has 0 heterocycles. The number of carboxylic acids is 1. The van der Waals surface area contributed by atoms with Gasteiger partial charge in [-0.15, -0.1) is 0 Å². The minimum absolute atomic E-state index is 0.00642. The fourth-order valence-electron chi connectivity index (χ4n) is 2.23. The quantitative estimate of drug-likeness (QED) is 0.308. The summed E-state index contributed by atoms with van der Waals surface area (Å²) in [6.45, 7) is -0.188. The van der Waals surface area contributed by atoms with Crippen molar-refractivity contribution in [1.82, 2.24) is 0 Å². The van der Waals surface area contributed by atoms with Crippen LogP contribution in [0.4, 0.5) is 17.6 Å². The molecule has 2 aromatic rings. The second kappa shape index (κ2) is 9.86. The van der Waals surface area contributed by atoms with Gasteiger partial charge in [0.05, 0.1) is 10.0 Å². The van der Waals surface area contributed by atoms with Crippen LogP contribution in [0.1, 0.15) is 11.1 Å². The highest BCUT2D eigenvalue weighted by Crippen LogP contribution is 2.40. The highest BCUT2D eigenvalue weighted by molar-refractivity contribution is 6.42. The van der Waals surface area contributed by atoms with Gasteiger partial charge in [0.25, 0.3) is 0 Å². The van der Waals surface area contributed by atoms with Crippen LogP contribution in [-0.4, -0.2) is 36.4 Å². The average Bonchev–Trinajstić information content (AvgIpc) is 2.67. The summed E-state index contributed by atoms with van der Waals surface area (Å²) < 4.78 is 60.3. The van der Waals surface area contributed by atoms with E-state index in [1.54, 1.807) is 18.2 Å². The summed E-state index contributed by atoms with van der Waals surface area (Å²) >= 11 is 11.6. The van der Waals surface area contributed by atoms with Gasteiger partial charge in [-0.05, 0) is 5.56 Å². The van der Waals surface area contributed by atoms with Gasteiger partial charge in [0, 0.05) is 17.7 Å². The fourth-order valence-corrected chi connectivity index (χ4v) is 2.78. The van der Waals surface area contributed by atoms with Gasteiger partial charge in [0.2, 0.25) is 0 Å². The van der Waals surface area contributed by atoms with E-state index < -0.39 is 34.3 Å². The zero-order valence-corrected chi connectivity index (χ0v) is 16.6. The number of hydrogen-bond acceptors (Lipinski definition) is 5. The Morgan fingerprint density at radius 1 is 1.20 bits per heavy atom. The molecule has 0 atom stereocenters. The number of oxime groups is 1. The van der Waals surface area contributed by atoms with Crippen molar-refractivity contribution in [2.45, 2.75) is 19.1 Å². The second-order valence-electron chi connectivity index (χ2n) is 5.55. The lowest BCUT2D eigenvalue weighted by Gasteiger charge is -2.19. The first-order valence-corrected chi connectivity index (χ1v) is 8.72. The van der Waals surface area contributed by atoms with Gasteiger partial charge >= 0.3 is 18.5 Å². The van der Waals surface area contributed by atoms with Crippen LogP contribution in [0.15, 0.2) is 41.6 Å². The molecule has 0 unspecified atom stereocenters. The Balaban J connectivity index is 2.26. The number of aliphatic carboxylic acids is 1. The minimum Gasteiger partial charge on any atom is -0.489 e. The molecule has 0 radical (unpaired) electrons. The first-order valence-electron chi connectivity index (χ1n) is 7.96. The van der Waals surface area contributed by atoms with E-state index in [2.05, 4.69) is 14.7 Å². The molecule has 30 heavy (non-hydrogen) atoms. The van der Waals surface area contributed by atoms with Gasteiger partial charge in [-0.3, -0.25) is 0 Å². The molecule has 2 rings (SSSR count). The van der Waals surface area contributed by atoms with Crippen molar-refractivity contribution in [2.24, 2.45) is 5.16 Å². The second-order valence-corrected chi connectivity index (χ2v) is 6.37. The molecular weight excluding hydrogens is 457 g/mol. The lowest BCUT2D eigenvalue weighted by atomic mass is 10.0. The van der Waals surface area contributed by atoms with Crippen molar-refractivity contribution in [3.63, 3.8) is 0 Å². The number of alkyl halides is 4. The molecule has 0 saturated heterocycles. The van der Waals surface area contributed by atoms with Crippen LogP contribution < -0.4 is 9.47 Å². The highest BCUT2D eigenvalue weighted by Gasteiger charge is 2.45. The molecule has 0 amide bonds. The molecular formula is C18H13Cl2F4NO5. The molecule has 0 aliphatic rings.